The van der Waals surface area contributed by atoms with Crippen molar-refractivity contribution < 1.29 is 14.1 Å². The van der Waals surface area contributed by atoms with Gasteiger partial charge < -0.3 is 20.5 Å². The Kier molecular flexibility index (Phi) is 6.98. The lowest BCUT2D eigenvalue weighted by molar-refractivity contribution is -0.126. The number of piperidine rings is 1. The number of hydrogen-bond acceptors (Lipinski definition) is 6. The number of halogens is 1. The number of amides is 2. The van der Waals surface area contributed by atoms with Crippen LogP contribution in [0, 0.1) is 5.92 Å². The van der Waals surface area contributed by atoms with Crippen LogP contribution in [-0.4, -0.2) is 53.0 Å². The van der Waals surface area contributed by atoms with Crippen molar-refractivity contribution in [3.63, 3.8) is 0 Å². The highest BCUT2D eigenvalue weighted by atomic mass is 35.5. The lowest BCUT2D eigenvalue weighted by Crippen LogP contribution is -2.46. The third kappa shape index (κ3) is 4.44. The van der Waals surface area contributed by atoms with Crippen molar-refractivity contribution in [2.75, 3.05) is 26.2 Å². The van der Waals surface area contributed by atoms with E-state index in [0.717, 1.165) is 37.1 Å². The second-order valence-electron chi connectivity index (χ2n) is 8.44. The molecule has 4 rings (SSSR count). The van der Waals surface area contributed by atoms with Crippen LogP contribution in [-0.2, 0) is 4.79 Å². The van der Waals surface area contributed by atoms with Gasteiger partial charge in [-0.05, 0) is 37.7 Å². The Morgan fingerprint density at radius 2 is 2.10 bits per heavy atom. The smallest absolute Gasteiger partial charge is 0.259 e. The van der Waals surface area contributed by atoms with Crippen LogP contribution in [0.15, 0.2) is 10.6 Å². The summed E-state index contributed by atoms with van der Waals surface area (Å²) in [7, 11) is 0. The molecule has 0 aromatic carbocycles. The maximum Gasteiger partial charge on any atom is 0.259 e. The fourth-order valence-electron chi connectivity index (χ4n) is 4.03. The summed E-state index contributed by atoms with van der Waals surface area (Å²) in [4.78, 5) is 32.3. The van der Waals surface area contributed by atoms with Gasteiger partial charge in [-0.2, -0.15) is 0 Å². The largest absolute Gasteiger partial charge is 0.355 e. The summed E-state index contributed by atoms with van der Waals surface area (Å²) < 4.78 is 5.50. The highest BCUT2D eigenvalue weighted by molar-refractivity contribution is 6.06. The average Bonchev–Trinajstić information content (AvgIpc) is 3.49. The fourth-order valence-corrected chi connectivity index (χ4v) is 4.03. The van der Waals surface area contributed by atoms with Crippen LogP contribution in [0.2, 0.25) is 0 Å². The van der Waals surface area contributed by atoms with Crippen molar-refractivity contribution in [3.8, 4) is 0 Å². The van der Waals surface area contributed by atoms with Gasteiger partial charge >= 0.3 is 0 Å². The minimum absolute atomic E-state index is 0. The van der Waals surface area contributed by atoms with Crippen LogP contribution >= 0.6 is 12.4 Å². The third-order valence-corrected chi connectivity index (χ3v) is 5.79. The van der Waals surface area contributed by atoms with E-state index in [9.17, 15) is 9.59 Å². The molecule has 3 heterocycles. The monoisotopic (exact) mass is 435 g/mol. The van der Waals surface area contributed by atoms with Crippen molar-refractivity contribution in [1.29, 1.82) is 0 Å². The number of carbonyl (C=O) groups is 2. The molecule has 3 N–H and O–H groups in total. The number of likely N-dealkylation sites (tertiary alicyclic amines) is 1. The molecule has 1 saturated carbocycles. The second-order valence-corrected chi connectivity index (χ2v) is 8.44. The van der Waals surface area contributed by atoms with Crippen LogP contribution in [0.25, 0.3) is 11.1 Å². The standard InChI is InChI=1S/C21H29N5O3.ClH/c1-12(2)18-17-15(10-16(13-5-6-13)24-20(17)29-25-18)21(28)26-9-3-4-14(11-26)19(27)23-8-7-22;/h10,12-14H,3-9,11,22H2,1-2H3,(H,23,27);1H. The van der Waals surface area contributed by atoms with Crippen molar-refractivity contribution in [2.45, 2.75) is 51.4 Å². The van der Waals surface area contributed by atoms with E-state index in [1.807, 2.05) is 19.9 Å². The average molecular weight is 436 g/mol. The van der Waals surface area contributed by atoms with Gasteiger partial charge in [-0.3, -0.25) is 9.59 Å². The molecule has 9 heteroatoms. The zero-order valence-electron chi connectivity index (χ0n) is 17.5. The molecule has 1 unspecified atom stereocenters. The summed E-state index contributed by atoms with van der Waals surface area (Å²) >= 11 is 0. The Balaban J connectivity index is 0.00000256. The van der Waals surface area contributed by atoms with Crippen molar-refractivity contribution in [2.24, 2.45) is 11.7 Å². The first kappa shape index (κ1) is 22.5. The molecule has 2 aliphatic rings. The molecule has 2 fully saturated rings. The van der Waals surface area contributed by atoms with E-state index in [4.69, 9.17) is 10.3 Å². The fraction of sp³-hybridized carbons (Fsp3) is 0.619. The van der Waals surface area contributed by atoms with Crippen LogP contribution in [0.5, 0.6) is 0 Å². The molecule has 2 aromatic heterocycles. The molecule has 8 nitrogen and oxygen atoms in total. The molecule has 2 amide bonds. The molecule has 2 aromatic rings. The Hall–Kier alpha value is -2.19. The minimum atomic E-state index is -0.202. The number of hydrogen-bond donors (Lipinski definition) is 2. The van der Waals surface area contributed by atoms with E-state index in [1.54, 1.807) is 4.90 Å². The Morgan fingerprint density at radius 1 is 1.33 bits per heavy atom. The van der Waals surface area contributed by atoms with E-state index in [1.165, 1.54) is 0 Å². The zero-order valence-corrected chi connectivity index (χ0v) is 18.3. The first-order valence-electron chi connectivity index (χ1n) is 10.6. The maximum absolute atomic E-state index is 13.5. The summed E-state index contributed by atoms with van der Waals surface area (Å²) in [6.45, 7) is 5.98. The molecule has 0 spiro atoms. The predicted molar refractivity (Wildman–Crippen MR) is 116 cm³/mol. The number of pyridine rings is 1. The Bertz CT molecular complexity index is 925. The van der Waals surface area contributed by atoms with Crippen LogP contribution in [0.1, 0.15) is 73.1 Å². The number of nitrogens with two attached hydrogens (primary N) is 1. The molecular weight excluding hydrogens is 406 g/mol. The molecule has 0 radical (unpaired) electrons. The lowest BCUT2D eigenvalue weighted by Gasteiger charge is -2.32. The van der Waals surface area contributed by atoms with Gasteiger partial charge in [-0.1, -0.05) is 19.0 Å². The van der Waals surface area contributed by atoms with Gasteiger partial charge in [-0.15, -0.1) is 12.4 Å². The summed E-state index contributed by atoms with van der Waals surface area (Å²) in [6, 6.07) is 1.92. The SMILES string of the molecule is CC(C)c1noc2nc(C3CC3)cc(C(=O)N3CCCC(C(=O)NCCN)C3)c12.Cl. The van der Waals surface area contributed by atoms with E-state index < -0.39 is 0 Å². The first-order chi connectivity index (χ1) is 14.0. The molecule has 30 heavy (non-hydrogen) atoms. The number of rotatable bonds is 6. The minimum Gasteiger partial charge on any atom is -0.355 e. The van der Waals surface area contributed by atoms with E-state index in [2.05, 4.69) is 15.5 Å². The Labute approximate surface area is 182 Å². The third-order valence-electron chi connectivity index (χ3n) is 5.79. The number of nitrogens with zero attached hydrogens (tertiary/aromatic N) is 3. The van der Waals surface area contributed by atoms with Crippen LogP contribution in [0.4, 0.5) is 0 Å². The van der Waals surface area contributed by atoms with Crippen molar-refractivity contribution in [1.82, 2.24) is 20.4 Å². The van der Waals surface area contributed by atoms with Gasteiger partial charge in [-0.25, -0.2) is 4.98 Å². The summed E-state index contributed by atoms with van der Waals surface area (Å²) in [6.07, 6.45) is 3.76. The topological polar surface area (TPSA) is 114 Å². The molecule has 1 atom stereocenters. The Morgan fingerprint density at radius 3 is 2.77 bits per heavy atom. The van der Waals surface area contributed by atoms with Gasteiger partial charge in [0, 0.05) is 37.8 Å². The number of carbonyl (C=O) groups excluding carboxylic acids is 2. The van der Waals surface area contributed by atoms with Gasteiger partial charge in [0.05, 0.1) is 22.6 Å². The molecule has 0 bridgehead atoms. The van der Waals surface area contributed by atoms with Gasteiger partial charge in [0.15, 0.2) is 0 Å². The van der Waals surface area contributed by atoms with Crippen LogP contribution < -0.4 is 11.1 Å². The van der Waals surface area contributed by atoms with Gasteiger partial charge in [0.2, 0.25) is 5.91 Å². The second kappa shape index (κ2) is 9.31. The van der Waals surface area contributed by atoms with E-state index in [-0.39, 0.29) is 36.1 Å². The highest BCUT2D eigenvalue weighted by Crippen LogP contribution is 2.41. The quantitative estimate of drug-likeness (QED) is 0.720. The maximum atomic E-state index is 13.5. The van der Waals surface area contributed by atoms with Crippen molar-refractivity contribution in [3.05, 3.63) is 23.0 Å². The first-order valence-corrected chi connectivity index (χ1v) is 10.6. The van der Waals surface area contributed by atoms with E-state index in [0.29, 0.717) is 48.8 Å². The number of nitrogens with one attached hydrogen (secondary N) is 1. The molecular formula is C21H30ClN5O3. The summed E-state index contributed by atoms with van der Waals surface area (Å²) in [5.41, 5.74) is 8.19. The normalized spacial score (nSPS) is 19.1. The molecule has 164 valence electrons. The number of fused-ring (bicyclic) bond motifs is 1. The van der Waals surface area contributed by atoms with Crippen LogP contribution in [0.3, 0.4) is 0 Å². The predicted octanol–water partition coefficient (Wildman–Crippen LogP) is 2.57. The zero-order chi connectivity index (χ0) is 20.5. The highest BCUT2D eigenvalue weighted by Gasteiger charge is 2.33. The van der Waals surface area contributed by atoms with E-state index >= 15 is 0 Å². The number of aromatic nitrogens is 2. The molecule has 1 aliphatic carbocycles. The summed E-state index contributed by atoms with van der Waals surface area (Å²) in [5.74, 6) is 0.216. The summed E-state index contributed by atoms with van der Waals surface area (Å²) in [5, 5.41) is 7.75. The van der Waals surface area contributed by atoms with Gasteiger partial charge in [0.25, 0.3) is 11.6 Å². The molecule has 1 saturated heterocycles. The lowest BCUT2D eigenvalue weighted by atomic mass is 9.95. The van der Waals surface area contributed by atoms with Gasteiger partial charge in [0.1, 0.15) is 0 Å². The van der Waals surface area contributed by atoms with Crippen molar-refractivity contribution >= 4 is 35.3 Å². The molecule has 1 aliphatic heterocycles.